The van der Waals surface area contributed by atoms with Gasteiger partial charge in [-0.2, -0.15) is 0 Å². The monoisotopic (exact) mass is 435 g/mol. The lowest BCUT2D eigenvalue weighted by atomic mass is 9.86. The Morgan fingerprint density at radius 2 is 1.72 bits per heavy atom. The Balaban J connectivity index is 1.65. The largest absolute Gasteiger partial charge is 0.477 e. The summed E-state index contributed by atoms with van der Waals surface area (Å²) >= 11 is 0. The van der Waals surface area contributed by atoms with Crippen molar-refractivity contribution >= 4 is 18.0 Å². The van der Waals surface area contributed by atoms with Crippen LogP contribution in [0.3, 0.4) is 0 Å². The fourth-order valence-electron chi connectivity index (χ4n) is 4.10. The Bertz CT molecular complexity index is 964. The van der Waals surface area contributed by atoms with E-state index < -0.39 is 5.97 Å². The van der Waals surface area contributed by atoms with Crippen LogP contribution in [0.2, 0.25) is 0 Å². The number of amides is 1. The zero-order valence-corrected chi connectivity index (χ0v) is 19.2. The zero-order chi connectivity index (χ0) is 23.1. The summed E-state index contributed by atoms with van der Waals surface area (Å²) in [7, 11) is 0. The number of hydrogen-bond acceptors (Lipinski definition) is 3. The highest BCUT2D eigenvalue weighted by atomic mass is 16.5. The Kier molecular flexibility index (Phi) is 7.73. The lowest BCUT2D eigenvalue weighted by Gasteiger charge is -2.22. The van der Waals surface area contributed by atoms with E-state index in [1.165, 1.54) is 31.8 Å². The molecule has 0 saturated heterocycles. The summed E-state index contributed by atoms with van der Waals surface area (Å²) in [5, 5.41) is 12.1. The third-order valence-electron chi connectivity index (χ3n) is 5.87. The van der Waals surface area contributed by atoms with Gasteiger partial charge in [-0.05, 0) is 47.6 Å². The van der Waals surface area contributed by atoms with Crippen molar-refractivity contribution in [1.29, 1.82) is 0 Å². The molecule has 2 N–H and O–H groups in total. The maximum absolute atomic E-state index is 12.2. The molecule has 1 aliphatic carbocycles. The lowest BCUT2D eigenvalue weighted by molar-refractivity contribution is -0.134. The molecule has 1 saturated carbocycles. The molecule has 170 valence electrons. The molecular weight excluding hydrogens is 402 g/mol. The van der Waals surface area contributed by atoms with E-state index in [1.807, 2.05) is 18.2 Å². The molecule has 0 aromatic heterocycles. The molecule has 32 heavy (non-hydrogen) atoms. The van der Waals surface area contributed by atoms with Crippen molar-refractivity contribution in [1.82, 2.24) is 5.32 Å². The molecule has 1 fully saturated rings. The molecular formula is C27H33NO4. The fourth-order valence-corrected chi connectivity index (χ4v) is 4.10. The number of carbonyl (C=O) groups excluding carboxylic acids is 1. The van der Waals surface area contributed by atoms with Crippen LogP contribution in [0, 0.1) is 5.92 Å². The Morgan fingerprint density at radius 3 is 2.34 bits per heavy atom. The van der Waals surface area contributed by atoms with Gasteiger partial charge >= 0.3 is 5.97 Å². The first-order chi connectivity index (χ1) is 15.2. The first kappa shape index (κ1) is 23.6. The molecule has 0 aliphatic heterocycles. The second kappa shape index (κ2) is 10.5. The molecule has 2 aromatic rings. The van der Waals surface area contributed by atoms with Crippen molar-refractivity contribution in [2.24, 2.45) is 5.92 Å². The minimum Gasteiger partial charge on any atom is -0.477 e. The molecule has 2 aromatic carbocycles. The van der Waals surface area contributed by atoms with E-state index >= 15 is 0 Å². The van der Waals surface area contributed by atoms with Crippen LogP contribution in [0.25, 0.3) is 6.08 Å². The van der Waals surface area contributed by atoms with Crippen LogP contribution in [-0.2, 0) is 15.0 Å². The average Bonchev–Trinajstić information content (AvgIpc) is 3.26. The van der Waals surface area contributed by atoms with Gasteiger partial charge in [0, 0.05) is 12.0 Å². The van der Waals surface area contributed by atoms with Gasteiger partial charge in [-0.15, -0.1) is 0 Å². The van der Waals surface area contributed by atoms with Crippen LogP contribution in [0.4, 0.5) is 0 Å². The normalized spacial score (nSPS) is 14.9. The van der Waals surface area contributed by atoms with Gasteiger partial charge in [0.2, 0.25) is 5.91 Å². The van der Waals surface area contributed by atoms with Gasteiger partial charge in [0.15, 0.2) is 0 Å². The number of ether oxygens (including phenoxy) is 1. The van der Waals surface area contributed by atoms with Crippen molar-refractivity contribution in [3.8, 4) is 11.5 Å². The number of benzene rings is 2. The first-order valence-corrected chi connectivity index (χ1v) is 11.3. The SMILES string of the molecule is CC(C)(C)c1ccccc1Oc1ccc(/C=C(\NC(=O)CCC2CCCC2)C(=O)O)cc1. The number of para-hydroxylation sites is 1. The maximum atomic E-state index is 12.2. The van der Waals surface area contributed by atoms with Crippen molar-refractivity contribution in [3.63, 3.8) is 0 Å². The van der Waals surface area contributed by atoms with E-state index in [0.717, 1.165) is 17.7 Å². The van der Waals surface area contributed by atoms with Crippen LogP contribution in [0.15, 0.2) is 54.2 Å². The fraction of sp³-hybridized carbons (Fsp3) is 0.407. The molecule has 0 unspecified atom stereocenters. The molecule has 3 rings (SSSR count). The summed E-state index contributed by atoms with van der Waals surface area (Å²) in [6, 6.07) is 15.1. The molecule has 5 nitrogen and oxygen atoms in total. The number of carboxylic acid groups (broad SMARTS) is 1. The average molecular weight is 436 g/mol. The van der Waals surface area contributed by atoms with Crippen LogP contribution >= 0.6 is 0 Å². The van der Waals surface area contributed by atoms with Gasteiger partial charge in [0.05, 0.1) is 0 Å². The molecule has 0 spiro atoms. The number of rotatable bonds is 8. The van der Waals surface area contributed by atoms with Crippen LogP contribution in [-0.4, -0.2) is 17.0 Å². The summed E-state index contributed by atoms with van der Waals surface area (Å²) in [6.07, 6.45) is 7.45. The van der Waals surface area contributed by atoms with E-state index in [9.17, 15) is 14.7 Å². The molecule has 1 amide bonds. The molecule has 0 radical (unpaired) electrons. The number of aliphatic carboxylic acids is 1. The quantitative estimate of drug-likeness (QED) is 0.478. The third kappa shape index (κ3) is 6.71. The predicted molar refractivity (Wildman–Crippen MR) is 127 cm³/mol. The maximum Gasteiger partial charge on any atom is 0.352 e. The summed E-state index contributed by atoms with van der Waals surface area (Å²) in [6.45, 7) is 6.41. The van der Waals surface area contributed by atoms with Gasteiger partial charge in [0.1, 0.15) is 17.2 Å². The molecule has 1 aliphatic rings. The topological polar surface area (TPSA) is 75.6 Å². The number of carboxylic acids is 1. The van der Waals surface area contributed by atoms with Crippen LogP contribution in [0.1, 0.15) is 70.4 Å². The predicted octanol–water partition coefficient (Wildman–Crippen LogP) is 6.29. The summed E-state index contributed by atoms with van der Waals surface area (Å²) in [4.78, 5) is 23.9. The minimum absolute atomic E-state index is 0.0500. The molecule has 0 bridgehead atoms. The highest BCUT2D eigenvalue weighted by molar-refractivity contribution is 5.96. The van der Waals surface area contributed by atoms with Gasteiger partial charge in [-0.25, -0.2) is 4.79 Å². The second-order valence-electron chi connectivity index (χ2n) is 9.52. The Morgan fingerprint density at radius 1 is 1.06 bits per heavy atom. The van der Waals surface area contributed by atoms with Gasteiger partial charge in [0.25, 0.3) is 0 Å². The van der Waals surface area contributed by atoms with Gasteiger partial charge in [-0.1, -0.05) is 76.8 Å². The Hall–Kier alpha value is -3.08. The highest BCUT2D eigenvalue weighted by Gasteiger charge is 2.19. The minimum atomic E-state index is -1.15. The third-order valence-corrected chi connectivity index (χ3v) is 5.87. The first-order valence-electron chi connectivity index (χ1n) is 11.3. The van der Waals surface area contributed by atoms with E-state index in [1.54, 1.807) is 24.3 Å². The van der Waals surface area contributed by atoms with Gasteiger partial charge < -0.3 is 15.2 Å². The lowest BCUT2D eigenvalue weighted by Crippen LogP contribution is -2.27. The van der Waals surface area contributed by atoms with Crippen LogP contribution < -0.4 is 10.1 Å². The molecule has 0 heterocycles. The van der Waals surface area contributed by atoms with Crippen molar-refractivity contribution in [3.05, 3.63) is 65.4 Å². The summed E-state index contributed by atoms with van der Waals surface area (Å²) < 4.78 is 6.08. The highest BCUT2D eigenvalue weighted by Crippen LogP contribution is 2.34. The Labute approximate surface area is 190 Å². The van der Waals surface area contributed by atoms with E-state index in [4.69, 9.17) is 4.74 Å². The van der Waals surface area contributed by atoms with E-state index in [0.29, 0.717) is 23.7 Å². The van der Waals surface area contributed by atoms with Gasteiger partial charge in [-0.3, -0.25) is 4.79 Å². The van der Waals surface area contributed by atoms with Crippen molar-refractivity contribution in [2.75, 3.05) is 0 Å². The number of nitrogens with one attached hydrogen (secondary N) is 1. The van der Waals surface area contributed by atoms with Crippen molar-refractivity contribution < 1.29 is 19.4 Å². The summed E-state index contributed by atoms with van der Waals surface area (Å²) in [5.41, 5.74) is 1.62. The number of hydrogen-bond donors (Lipinski definition) is 2. The second-order valence-corrected chi connectivity index (χ2v) is 9.52. The van der Waals surface area contributed by atoms with Crippen LogP contribution in [0.5, 0.6) is 11.5 Å². The zero-order valence-electron chi connectivity index (χ0n) is 19.2. The number of carbonyl (C=O) groups is 2. The smallest absolute Gasteiger partial charge is 0.352 e. The van der Waals surface area contributed by atoms with E-state index in [2.05, 4.69) is 32.2 Å². The summed E-state index contributed by atoms with van der Waals surface area (Å²) in [5.74, 6) is 0.650. The standard InChI is InChI=1S/C27H33NO4/c1-27(2,3)22-10-6-7-11-24(22)32-21-15-12-20(13-16-21)18-23(26(30)31)28-25(29)17-14-19-8-4-5-9-19/h6-7,10-13,15-16,18-19H,4-5,8-9,14,17H2,1-3H3,(H,28,29)(H,30,31)/b23-18-. The van der Waals surface area contributed by atoms with E-state index in [-0.39, 0.29) is 17.0 Å². The molecule has 5 heteroatoms. The molecule has 0 atom stereocenters. The van der Waals surface area contributed by atoms with Crippen molar-refractivity contribution in [2.45, 2.75) is 64.7 Å².